The fraction of sp³-hybridized carbons (Fsp3) is 0.269. The summed E-state index contributed by atoms with van der Waals surface area (Å²) in [7, 11) is 0. The highest BCUT2D eigenvalue weighted by Crippen LogP contribution is 2.36. The summed E-state index contributed by atoms with van der Waals surface area (Å²) < 4.78 is 18.0. The third-order valence-corrected chi connectivity index (χ3v) is 6.11. The van der Waals surface area contributed by atoms with Gasteiger partial charge in [-0.15, -0.1) is 6.42 Å². The minimum atomic E-state index is -0.799. The molecule has 1 fully saturated rings. The molecule has 0 saturated carbocycles. The molecule has 1 aliphatic heterocycles. The van der Waals surface area contributed by atoms with Gasteiger partial charge in [-0.3, -0.25) is 19.8 Å². The van der Waals surface area contributed by atoms with Gasteiger partial charge >= 0.3 is 6.03 Å². The fourth-order valence-corrected chi connectivity index (χ4v) is 4.80. The Balaban J connectivity index is 1.88. The van der Waals surface area contributed by atoms with Crippen LogP contribution in [0.2, 0.25) is 0 Å². The summed E-state index contributed by atoms with van der Waals surface area (Å²) in [6.45, 7) is 4.83. The maximum atomic E-state index is 13.2. The summed E-state index contributed by atoms with van der Waals surface area (Å²) in [6, 6.07) is 7.76. The lowest BCUT2D eigenvalue weighted by molar-refractivity contribution is -0.130. The normalized spacial score (nSPS) is 14.5. The van der Waals surface area contributed by atoms with E-state index in [4.69, 9.17) is 20.6 Å². The number of nitrogens with one attached hydrogen (secondary N) is 1. The fourth-order valence-electron chi connectivity index (χ4n) is 3.35. The van der Waals surface area contributed by atoms with Crippen LogP contribution in [0, 0.1) is 12.3 Å². The van der Waals surface area contributed by atoms with E-state index in [2.05, 4.69) is 43.1 Å². The van der Waals surface area contributed by atoms with Crippen LogP contribution in [0.15, 0.2) is 44.9 Å². The highest BCUT2D eigenvalue weighted by Gasteiger charge is 2.36. The van der Waals surface area contributed by atoms with Gasteiger partial charge in [0, 0.05) is 0 Å². The number of hydrogen-bond acceptors (Lipinski definition) is 6. The molecule has 36 heavy (non-hydrogen) atoms. The SMILES string of the molecule is C#CCOc1c(Br)cc(/C=C2\C(=O)NC(=O)N(Cc3ccc(OCCC)c(OCC)c3)C2=O)cc1Br. The first-order valence-electron chi connectivity index (χ1n) is 11.1. The largest absolute Gasteiger partial charge is 0.490 e. The van der Waals surface area contributed by atoms with Crippen molar-refractivity contribution in [2.45, 2.75) is 26.8 Å². The second-order valence-electron chi connectivity index (χ2n) is 7.58. The van der Waals surface area contributed by atoms with Gasteiger partial charge in [-0.2, -0.15) is 0 Å². The van der Waals surface area contributed by atoms with Crippen LogP contribution in [0.5, 0.6) is 17.2 Å². The van der Waals surface area contributed by atoms with Crippen LogP contribution in [0.4, 0.5) is 4.79 Å². The molecule has 2 aromatic carbocycles. The molecule has 0 radical (unpaired) electrons. The van der Waals surface area contributed by atoms with Crippen LogP contribution >= 0.6 is 31.9 Å². The molecule has 2 aromatic rings. The molecule has 0 unspecified atom stereocenters. The summed E-state index contributed by atoms with van der Waals surface area (Å²) in [5.74, 6) is 2.48. The van der Waals surface area contributed by atoms with Crippen LogP contribution in [0.1, 0.15) is 31.4 Å². The topological polar surface area (TPSA) is 94.2 Å². The Morgan fingerprint density at radius 3 is 2.39 bits per heavy atom. The van der Waals surface area contributed by atoms with Crippen LogP contribution < -0.4 is 19.5 Å². The molecule has 1 N–H and O–H groups in total. The first-order valence-corrected chi connectivity index (χ1v) is 12.7. The van der Waals surface area contributed by atoms with E-state index in [-0.39, 0.29) is 18.7 Å². The van der Waals surface area contributed by atoms with Crippen molar-refractivity contribution in [3.63, 3.8) is 0 Å². The third kappa shape index (κ3) is 6.47. The number of urea groups is 1. The van der Waals surface area contributed by atoms with Crippen molar-refractivity contribution in [3.8, 4) is 29.6 Å². The van der Waals surface area contributed by atoms with Crippen molar-refractivity contribution in [2.75, 3.05) is 19.8 Å². The molecular weight excluding hydrogens is 596 g/mol. The number of hydrogen-bond donors (Lipinski definition) is 1. The zero-order chi connectivity index (χ0) is 26.2. The quantitative estimate of drug-likeness (QED) is 0.227. The number of halogens is 2. The second kappa shape index (κ2) is 12.6. The Kier molecular flexibility index (Phi) is 9.56. The second-order valence-corrected chi connectivity index (χ2v) is 9.29. The number of imide groups is 2. The van der Waals surface area contributed by atoms with Crippen LogP contribution in [0.25, 0.3) is 6.08 Å². The van der Waals surface area contributed by atoms with E-state index < -0.39 is 17.8 Å². The Morgan fingerprint density at radius 1 is 1.03 bits per heavy atom. The van der Waals surface area contributed by atoms with E-state index in [0.29, 0.717) is 50.5 Å². The Hall–Kier alpha value is -3.29. The van der Waals surface area contributed by atoms with Gasteiger partial charge in [0.1, 0.15) is 17.9 Å². The lowest BCUT2D eigenvalue weighted by atomic mass is 10.1. The highest BCUT2D eigenvalue weighted by atomic mass is 79.9. The molecule has 188 valence electrons. The third-order valence-electron chi connectivity index (χ3n) is 4.93. The van der Waals surface area contributed by atoms with E-state index in [1.807, 2.05) is 13.8 Å². The van der Waals surface area contributed by atoms with Crippen LogP contribution in [0.3, 0.4) is 0 Å². The molecule has 4 amide bonds. The molecular formula is C26H24Br2N2O6. The van der Waals surface area contributed by atoms with Crippen LogP contribution in [-0.4, -0.2) is 42.6 Å². The van der Waals surface area contributed by atoms with Crippen molar-refractivity contribution in [2.24, 2.45) is 0 Å². The molecule has 3 rings (SSSR count). The zero-order valence-electron chi connectivity index (χ0n) is 19.7. The number of ether oxygens (including phenoxy) is 3. The van der Waals surface area contributed by atoms with E-state index in [1.165, 1.54) is 6.08 Å². The average Bonchev–Trinajstić information content (AvgIpc) is 2.83. The summed E-state index contributed by atoms with van der Waals surface area (Å²) in [5.41, 5.74) is 0.990. The molecule has 0 bridgehead atoms. The van der Waals surface area contributed by atoms with Crippen molar-refractivity contribution in [1.82, 2.24) is 10.2 Å². The molecule has 10 heteroatoms. The lowest BCUT2D eigenvalue weighted by Gasteiger charge is -2.26. The van der Waals surface area contributed by atoms with E-state index in [1.54, 1.807) is 30.3 Å². The van der Waals surface area contributed by atoms with Gasteiger partial charge in [0.15, 0.2) is 11.5 Å². The highest BCUT2D eigenvalue weighted by molar-refractivity contribution is 9.11. The molecule has 0 spiro atoms. The number of carbonyl (C=O) groups is 3. The zero-order valence-corrected chi connectivity index (χ0v) is 22.9. The predicted octanol–water partition coefficient (Wildman–Crippen LogP) is 5.07. The number of barbiturate groups is 1. The summed E-state index contributed by atoms with van der Waals surface area (Å²) in [5, 5.41) is 2.23. The molecule has 0 atom stereocenters. The maximum Gasteiger partial charge on any atom is 0.331 e. The number of nitrogens with zero attached hydrogens (tertiary/aromatic N) is 1. The Morgan fingerprint density at radius 2 is 1.75 bits per heavy atom. The van der Waals surface area contributed by atoms with Gasteiger partial charge in [-0.1, -0.05) is 18.9 Å². The number of carbonyl (C=O) groups excluding carboxylic acids is 3. The molecule has 1 heterocycles. The minimum absolute atomic E-state index is 0.0598. The Labute approximate surface area is 226 Å². The first kappa shape index (κ1) is 27.3. The first-order chi connectivity index (χ1) is 17.3. The molecule has 1 saturated heterocycles. The van der Waals surface area contributed by atoms with Gasteiger partial charge in [0.2, 0.25) is 0 Å². The van der Waals surface area contributed by atoms with Crippen molar-refractivity contribution in [3.05, 3.63) is 56.0 Å². The Bertz CT molecular complexity index is 1230. The van der Waals surface area contributed by atoms with E-state index in [0.717, 1.165) is 11.3 Å². The molecule has 8 nitrogen and oxygen atoms in total. The van der Waals surface area contributed by atoms with Crippen LogP contribution in [-0.2, 0) is 16.1 Å². The maximum absolute atomic E-state index is 13.2. The van der Waals surface area contributed by atoms with Gasteiger partial charge < -0.3 is 14.2 Å². The molecule has 1 aliphatic rings. The van der Waals surface area contributed by atoms with Crippen molar-refractivity contribution < 1.29 is 28.6 Å². The number of amides is 4. The predicted molar refractivity (Wildman–Crippen MR) is 142 cm³/mol. The van der Waals surface area contributed by atoms with Gasteiger partial charge in [-0.25, -0.2) is 4.79 Å². The minimum Gasteiger partial charge on any atom is -0.490 e. The summed E-state index contributed by atoms with van der Waals surface area (Å²) >= 11 is 6.81. The summed E-state index contributed by atoms with van der Waals surface area (Å²) in [4.78, 5) is 39.2. The molecule has 0 aromatic heterocycles. The van der Waals surface area contributed by atoms with Gasteiger partial charge in [0.05, 0.1) is 28.7 Å². The summed E-state index contributed by atoms with van der Waals surface area (Å²) in [6.07, 6.45) is 7.50. The van der Waals surface area contributed by atoms with E-state index >= 15 is 0 Å². The monoisotopic (exact) mass is 618 g/mol. The smallest absolute Gasteiger partial charge is 0.331 e. The number of benzene rings is 2. The molecule has 0 aliphatic carbocycles. The van der Waals surface area contributed by atoms with Crippen molar-refractivity contribution >= 4 is 55.8 Å². The van der Waals surface area contributed by atoms with Crippen molar-refractivity contribution in [1.29, 1.82) is 0 Å². The standard InChI is InChI=1S/C26H24Br2N2O6/c1-4-9-35-21-8-7-16(14-22(21)34-6-3)15-30-25(32)18(24(31)29-26(30)33)11-17-12-19(27)23(20(28)13-17)36-10-5-2/h2,7-8,11-14H,4,6,9-10,15H2,1,3H3,(H,29,31,33)/b18-11+. The number of rotatable bonds is 10. The average molecular weight is 620 g/mol. The van der Waals surface area contributed by atoms with Gasteiger partial charge in [0.25, 0.3) is 11.8 Å². The van der Waals surface area contributed by atoms with E-state index in [9.17, 15) is 14.4 Å². The number of terminal acetylenes is 1. The lowest BCUT2D eigenvalue weighted by Crippen LogP contribution is -2.53. The van der Waals surface area contributed by atoms with Gasteiger partial charge in [-0.05, 0) is 86.7 Å².